The molecule has 22 heavy (non-hydrogen) atoms. The van der Waals surface area contributed by atoms with Gasteiger partial charge in [0.2, 0.25) is 5.88 Å². The van der Waals surface area contributed by atoms with Gasteiger partial charge in [0.05, 0.1) is 12.2 Å². The molecule has 2 rings (SSSR count). The zero-order valence-electron chi connectivity index (χ0n) is 12.5. The molecule has 0 spiro atoms. The fraction of sp³-hybridized carbons (Fsp3) is 0.571. The molecule has 1 N–H and O–H groups in total. The third-order valence-electron chi connectivity index (χ3n) is 3.12. The summed E-state index contributed by atoms with van der Waals surface area (Å²) in [5, 5.41) is 9.45. The van der Waals surface area contributed by atoms with Crippen LogP contribution in [0.5, 0.6) is 5.88 Å². The zero-order valence-corrected chi connectivity index (χ0v) is 12.5. The molecule has 1 aromatic heterocycles. The van der Waals surface area contributed by atoms with E-state index in [0.717, 1.165) is 6.07 Å². The Kier molecular flexibility index (Phi) is 3.97. The molecule has 5 nitrogen and oxygen atoms in total. The van der Waals surface area contributed by atoms with Crippen LogP contribution >= 0.6 is 0 Å². The second kappa shape index (κ2) is 5.33. The Labute approximate surface area is 125 Å². The first-order chi connectivity index (χ1) is 9.97. The van der Waals surface area contributed by atoms with Gasteiger partial charge in [0.15, 0.2) is 0 Å². The predicted octanol–water partition coefficient (Wildman–Crippen LogP) is 3.10. The molecule has 0 aromatic carbocycles. The standard InChI is InChI=1S/C14H17F3N2O3/c1-13(2,3)22-12(21)19-5-4-8-6-9(14(15,16)17)11(20)18-10(8)7-19/h6H,4-5,7H2,1-3H3,(H,18,20). The van der Waals surface area contributed by atoms with Gasteiger partial charge in [-0.05, 0) is 38.8 Å². The van der Waals surface area contributed by atoms with Crippen LogP contribution in [0.3, 0.4) is 0 Å². The van der Waals surface area contributed by atoms with Crippen molar-refractivity contribution in [1.29, 1.82) is 0 Å². The lowest BCUT2D eigenvalue weighted by molar-refractivity contribution is -0.139. The van der Waals surface area contributed by atoms with Crippen LogP contribution in [0.15, 0.2) is 6.07 Å². The van der Waals surface area contributed by atoms with Crippen LogP contribution in [0.1, 0.15) is 37.6 Å². The minimum atomic E-state index is -4.66. The molecule has 0 aliphatic carbocycles. The van der Waals surface area contributed by atoms with E-state index in [0.29, 0.717) is 5.56 Å². The summed E-state index contributed by atoms with van der Waals surface area (Å²) in [7, 11) is 0. The number of aromatic hydroxyl groups is 1. The highest BCUT2D eigenvalue weighted by atomic mass is 19.4. The highest BCUT2D eigenvalue weighted by Crippen LogP contribution is 2.36. The van der Waals surface area contributed by atoms with Gasteiger partial charge in [-0.25, -0.2) is 9.78 Å². The summed E-state index contributed by atoms with van der Waals surface area (Å²) < 4.78 is 43.4. The van der Waals surface area contributed by atoms with E-state index in [4.69, 9.17) is 4.74 Å². The normalized spacial score (nSPS) is 15.5. The summed E-state index contributed by atoms with van der Waals surface area (Å²) in [5.74, 6) is -1.07. The van der Waals surface area contributed by atoms with Crippen LogP contribution in [0, 0.1) is 0 Å². The summed E-state index contributed by atoms with van der Waals surface area (Å²) in [6.45, 7) is 5.43. The number of fused-ring (bicyclic) bond motifs is 1. The van der Waals surface area contributed by atoms with Gasteiger partial charge in [-0.2, -0.15) is 13.2 Å². The lowest BCUT2D eigenvalue weighted by Gasteiger charge is -2.31. The Hall–Kier alpha value is -1.99. The van der Waals surface area contributed by atoms with Crippen molar-refractivity contribution in [3.63, 3.8) is 0 Å². The number of amides is 1. The summed E-state index contributed by atoms with van der Waals surface area (Å²) in [6.07, 6.45) is -4.99. The number of nitrogens with zero attached hydrogens (tertiary/aromatic N) is 2. The van der Waals surface area contributed by atoms with Crippen LogP contribution in [-0.2, 0) is 23.9 Å². The minimum absolute atomic E-state index is 0.00986. The van der Waals surface area contributed by atoms with Gasteiger partial charge in [0.1, 0.15) is 11.2 Å². The fourth-order valence-electron chi connectivity index (χ4n) is 2.14. The summed E-state index contributed by atoms with van der Waals surface area (Å²) in [6, 6.07) is 0.893. The molecule has 1 amide bonds. The molecule has 1 aliphatic heterocycles. The van der Waals surface area contributed by atoms with Gasteiger partial charge in [0, 0.05) is 6.54 Å². The summed E-state index contributed by atoms with van der Waals surface area (Å²) >= 11 is 0. The average Bonchev–Trinajstić information content (AvgIpc) is 2.33. The van der Waals surface area contributed by atoms with Crippen molar-refractivity contribution in [2.45, 2.75) is 45.5 Å². The monoisotopic (exact) mass is 318 g/mol. The number of hydrogen-bond donors (Lipinski definition) is 1. The van der Waals surface area contributed by atoms with Crippen LogP contribution < -0.4 is 0 Å². The number of hydrogen-bond acceptors (Lipinski definition) is 4. The number of pyridine rings is 1. The van der Waals surface area contributed by atoms with E-state index >= 15 is 0 Å². The molecule has 2 heterocycles. The van der Waals surface area contributed by atoms with E-state index in [1.54, 1.807) is 20.8 Å². The second-order valence-corrected chi connectivity index (χ2v) is 6.12. The number of ether oxygens (including phenoxy) is 1. The molecule has 0 unspecified atom stereocenters. The molecule has 0 saturated heterocycles. The molecule has 0 saturated carbocycles. The van der Waals surface area contributed by atoms with Crippen LogP contribution in [0.25, 0.3) is 0 Å². The van der Waals surface area contributed by atoms with Gasteiger partial charge in [-0.15, -0.1) is 0 Å². The van der Waals surface area contributed by atoms with E-state index in [2.05, 4.69) is 4.98 Å². The molecule has 0 radical (unpaired) electrons. The lowest BCUT2D eigenvalue weighted by atomic mass is 10.0. The first-order valence-corrected chi connectivity index (χ1v) is 6.74. The third kappa shape index (κ3) is 3.61. The van der Waals surface area contributed by atoms with E-state index in [9.17, 15) is 23.1 Å². The fourth-order valence-corrected chi connectivity index (χ4v) is 2.14. The van der Waals surface area contributed by atoms with Gasteiger partial charge >= 0.3 is 12.3 Å². The Balaban J connectivity index is 2.22. The van der Waals surface area contributed by atoms with E-state index in [1.807, 2.05) is 0 Å². The quantitative estimate of drug-likeness (QED) is 0.798. The largest absolute Gasteiger partial charge is 0.493 e. The van der Waals surface area contributed by atoms with Gasteiger partial charge in [-0.1, -0.05) is 0 Å². The van der Waals surface area contributed by atoms with Gasteiger partial charge in [0.25, 0.3) is 0 Å². The Morgan fingerprint density at radius 2 is 2.00 bits per heavy atom. The summed E-state index contributed by atoms with van der Waals surface area (Å²) in [4.78, 5) is 16.9. The second-order valence-electron chi connectivity index (χ2n) is 6.12. The maximum Gasteiger partial charge on any atom is 0.421 e. The van der Waals surface area contributed by atoms with Crippen molar-refractivity contribution in [1.82, 2.24) is 9.88 Å². The van der Waals surface area contributed by atoms with E-state index < -0.39 is 29.3 Å². The number of carbonyl (C=O) groups excluding carboxylic acids is 1. The molecule has 1 aromatic rings. The Bertz CT molecular complexity index is 594. The summed E-state index contributed by atoms with van der Waals surface area (Å²) in [5.41, 5.74) is -1.18. The molecular weight excluding hydrogens is 301 g/mol. The topological polar surface area (TPSA) is 62.7 Å². The number of alkyl halides is 3. The van der Waals surface area contributed by atoms with Crippen molar-refractivity contribution in [3.05, 3.63) is 22.9 Å². The highest BCUT2D eigenvalue weighted by Gasteiger charge is 2.37. The van der Waals surface area contributed by atoms with Gasteiger partial charge in [-0.3, -0.25) is 0 Å². The van der Waals surface area contributed by atoms with Crippen LogP contribution in [0.2, 0.25) is 0 Å². The minimum Gasteiger partial charge on any atom is -0.493 e. The van der Waals surface area contributed by atoms with E-state index in [1.165, 1.54) is 4.90 Å². The highest BCUT2D eigenvalue weighted by molar-refractivity contribution is 5.68. The number of rotatable bonds is 0. The van der Waals surface area contributed by atoms with E-state index in [-0.39, 0.29) is 25.2 Å². The Morgan fingerprint density at radius 3 is 2.55 bits per heavy atom. The molecule has 1 aliphatic rings. The zero-order chi connectivity index (χ0) is 16.7. The first kappa shape index (κ1) is 16.4. The molecule has 8 heteroatoms. The van der Waals surface area contributed by atoms with Crippen molar-refractivity contribution in [3.8, 4) is 5.88 Å². The van der Waals surface area contributed by atoms with Crippen LogP contribution in [-0.4, -0.2) is 33.2 Å². The van der Waals surface area contributed by atoms with Crippen molar-refractivity contribution in [2.75, 3.05) is 6.54 Å². The molecule has 122 valence electrons. The maximum atomic E-state index is 12.7. The first-order valence-electron chi connectivity index (χ1n) is 6.74. The molecule has 0 atom stereocenters. The third-order valence-corrected chi connectivity index (χ3v) is 3.12. The van der Waals surface area contributed by atoms with Gasteiger partial charge < -0.3 is 14.7 Å². The number of carbonyl (C=O) groups is 1. The number of aromatic nitrogens is 1. The molecule has 0 fully saturated rings. The molecular formula is C14H17F3N2O3. The average molecular weight is 318 g/mol. The van der Waals surface area contributed by atoms with Crippen molar-refractivity contribution in [2.24, 2.45) is 0 Å². The SMILES string of the molecule is CC(C)(C)OC(=O)N1CCc2cc(C(F)(F)F)c(O)nc2C1. The Morgan fingerprint density at radius 1 is 1.36 bits per heavy atom. The van der Waals surface area contributed by atoms with Crippen molar-refractivity contribution >= 4 is 6.09 Å². The lowest BCUT2D eigenvalue weighted by Crippen LogP contribution is -2.40. The van der Waals surface area contributed by atoms with Crippen LogP contribution in [0.4, 0.5) is 18.0 Å². The van der Waals surface area contributed by atoms with Crippen molar-refractivity contribution < 1.29 is 27.8 Å². The predicted molar refractivity (Wildman–Crippen MR) is 71.3 cm³/mol. The number of halogens is 3. The smallest absolute Gasteiger partial charge is 0.421 e. The maximum absolute atomic E-state index is 12.7. The molecule has 0 bridgehead atoms.